The van der Waals surface area contributed by atoms with E-state index in [1.165, 1.54) is 5.56 Å². The van der Waals surface area contributed by atoms with Gasteiger partial charge >= 0.3 is 6.09 Å². The number of halogens is 1. The van der Waals surface area contributed by atoms with E-state index in [0.717, 1.165) is 24.3 Å². The number of hydrogen-bond donors (Lipinski definition) is 0. The molecule has 0 aliphatic carbocycles. The first-order valence-corrected chi connectivity index (χ1v) is 10.2. The predicted octanol–water partition coefficient (Wildman–Crippen LogP) is 4.63. The molecule has 0 saturated carbocycles. The Morgan fingerprint density at radius 2 is 2.00 bits per heavy atom. The monoisotopic (exact) mass is 416 g/mol. The quantitative estimate of drug-likeness (QED) is 0.683. The molecule has 29 heavy (non-hydrogen) atoms. The van der Waals surface area contributed by atoms with Crippen molar-refractivity contribution in [2.24, 2.45) is 0 Å². The molecule has 156 valence electrons. The van der Waals surface area contributed by atoms with Crippen LogP contribution in [0.15, 0.2) is 36.5 Å². The van der Waals surface area contributed by atoms with Crippen LogP contribution < -0.4 is 0 Å². The van der Waals surface area contributed by atoms with Gasteiger partial charge in [0.15, 0.2) is 0 Å². The third-order valence-electron chi connectivity index (χ3n) is 4.95. The predicted molar refractivity (Wildman–Crippen MR) is 115 cm³/mol. The van der Waals surface area contributed by atoms with Gasteiger partial charge in [-0.1, -0.05) is 18.2 Å². The Bertz CT molecular complexity index is 879. The number of aromatic nitrogens is 2. The van der Waals surface area contributed by atoms with E-state index in [-0.39, 0.29) is 16.9 Å². The number of piperazine rings is 1. The summed E-state index contributed by atoms with van der Waals surface area (Å²) in [5.74, 6) is 0. The zero-order valence-electron chi connectivity index (χ0n) is 17.8. The van der Waals surface area contributed by atoms with Crippen LogP contribution in [-0.2, 0) is 11.3 Å². The van der Waals surface area contributed by atoms with Gasteiger partial charge in [0.25, 0.3) is 0 Å². The number of benzene rings is 1. The van der Waals surface area contributed by atoms with E-state index in [1.54, 1.807) is 11.1 Å². The van der Waals surface area contributed by atoms with E-state index in [0.29, 0.717) is 13.1 Å². The molecule has 1 fully saturated rings. The minimum absolute atomic E-state index is 0.163. The molecular weight excluding hydrogens is 388 g/mol. The molecule has 6 nitrogen and oxygen atoms in total. The van der Waals surface area contributed by atoms with Crippen LogP contribution in [0.2, 0.25) is 5.28 Å². The van der Waals surface area contributed by atoms with Crippen molar-refractivity contribution >= 4 is 17.7 Å². The highest BCUT2D eigenvalue weighted by Crippen LogP contribution is 2.26. The van der Waals surface area contributed by atoms with E-state index in [9.17, 15) is 4.79 Å². The van der Waals surface area contributed by atoms with Crippen molar-refractivity contribution in [2.45, 2.75) is 52.3 Å². The first-order valence-electron chi connectivity index (χ1n) is 9.84. The molecule has 7 heteroatoms. The summed E-state index contributed by atoms with van der Waals surface area (Å²) in [4.78, 5) is 24.9. The van der Waals surface area contributed by atoms with Gasteiger partial charge in [0.05, 0.1) is 5.69 Å². The fraction of sp³-hybridized carbons (Fsp3) is 0.500. The third-order valence-corrected chi connectivity index (χ3v) is 5.13. The van der Waals surface area contributed by atoms with E-state index < -0.39 is 5.60 Å². The lowest BCUT2D eigenvalue weighted by molar-refractivity contribution is -0.0177. The largest absolute Gasteiger partial charge is 0.444 e. The normalized spacial score (nSPS) is 17.2. The second-order valence-corrected chi connectivity index (χ2v) is 9.39. The zero-order chi connectivity index (χ0) is 21.2. The zero-order valence-corrected chi connectivity index (χ0v) is 18.5. The fourth-order valence-corrected chi connectivity index (χ4v) is 3.66. The van der Waals surface area contributed by atoms with Gasteiger partial charge in [-0.2, -0.15) is 0 Å². The lowest BCUT2D eigenvalue weighted by Gasteiger charge is -2.47. The minimum Gasteiger partial charge on any atom is -0.444 e. The second-order valence-electron chi connectivity index (χ2n) is 9.05. The van der Waals surface area contributed by atoms with Crippen LogP contribution in [0, 0.1) is 0 Å². The van der Waals surface area contributed by atoms with Crippen LogP contribution in [-0.4, -0.2) is 56.6 Å². The Balaban J connectivity index is 1.70. The van der Waals surface area contributed by atoms with E-state index in [4.69, 9.17) is 16.3 Å². The second kappa shape index (κ2) is 8.28. The summed E-state index contributed by atoms with van der Waals surface area (Å²) in [6, 6.07) is 10.2. The Morgan fingerprint density at radius 1 is 1.24 bits per heavy atom. The van der Waals surface area contributed by atoms with Gasteiger partial charge in [-0.15, -0.1) is 0 Å². The summed E-state index contributed by atoms with van der Waals surface area (Å²) < 4.78 is 5.54. The summed E-state index contributed by atoms with van der Waals surface area (Å²) in [6.45, 7) is 12.9. The van der Waals surface area contributed by atoms with Crippen molar-refractivity contribution in [1.82, 2.24) is 19.8 Å². The lowest BCUT2D eigenvalue weighted by atomic mass is 9.97. The SMILES string of the molecule is CC(C)(C)OC(=O)N1CCN(Cc2cccc(-c3ccnc(Cl)n3)c2)C(C)(C)C1. The van der Waals surface area contributed by atoms with Crippen molar-refractivity contribution in [1.29, 1.82) is 0 Å². The molecule has 0 atom stereocenters. The molecule has 1 saturated heterocycles. The van der Waals surface area contributed by atoms with Crippen molar-refractivity contribution in [3.63, 3.8) is 0 Å². The summed E-state index contributed by atoms with van der Waals surface area (Å²) in [5.41, 5.74) is 2.36. The summed E-state index contributed by atoms with van der Waals surface area (Å²) in [6.07, 6.45) is 1.42. The molecule has 0 N–H and O–H groups in total. The van der Waals surface area contributed by atoms with Gasteiger partial charge in [0, 0.05) is 43.5 Å². The summed E-state index contributed by atoms with van der Waals surface area (Å²) in [5, 5.41) is 0.243. The van der Waals surface area contributed by atoms with E-state index in [2.05, 4.69) is 40.8 Å². The van der Waals surface area contributed by atoms with Gasteiger partial charge in [0.2, 0.25) is 5.28 Å². The van der Waals surface area contributed by atoms with Gasteiger partial charge in [-0.05, 0) is 63.9 Å². The van der Waals surface area contributed by atoms with Crippen molar-refractivity contribution < 1.29 is 9.53 Å². The number of rotatable bonds is 3. The molecule has 2 heterocycles. The van der Waals surface area contributed by atoms with Gasteiger partial charge in [0.1, 0.15) is 5.60 Å². The first-order chi connectivity index (χ1) is 13.5. The molecule has 2 aromatic rings. The van der Waals surface area contributed by atoms with Crippen molar-refractivity contribution in [3.8, 4) is 11.3 Å². The lowest BCUT2D eigenvalue weighted by Crippen LogP contribution is -2.60. The Hall–Kier alpha value is -2.18. The summed E-state index contributed by atoms with van der Waals surface area (Å²) >= 11 is 5.93. The molecule has 3 rings (SSSR count). The Kier molecular flexibility index (Phi) is 6.15. The standard InChI is InChI=1S/C22H29ClN4O2/c1-21(2,3)29-20(28)26-11-12-27(22(4,5)15-26)14-16-7-6-8-17(13-16)18-9-10-24-19(23)25-18/h6-10,13H,11-12,14-15H2,1-5H3. The van der Waals surface area contributed by atoms with Crippen LogP contribution in [0.1, 0.15) is 40.2 Å². The highest BCUT2D eigenvalue weighted by Gasteiger charge is 2.37. The Labute approximate surface area is 177 Å². The smallest absolute Gasteiger partial charge is 0.410 e. The Morgan fingerprint density at radius 3 is 2.66 bits per heavy atom. The molecule has 1 aromatic carbocycles. The van der Waals surface area contributed by atoms with Crippen LogP contribution in [0.5, 0.6) is 0 Å². The van der Waals surface area contributed by atoms with Gasteiger partial charge < -0.3 is 9.64 Å². The maximum Gasteiger partial charge on any atom is 0.410 e. The maximum absolute atomic E-state index is 12.5. The highest BCUT2D eigenvalue weighted by atomic mass is 35.5. The van der Waals surface area contributed by atoms with Gasteiger partial charge in [-0.25, -0.2) is 14.8 Å². The maximum atomic E-state index is 12.5. The molecule has 0 bridgehead atoms. The number of amides is 1. The average molecular weight is 417 g/mol. The first kappa shape index (κ1) is 21.5. The highest BCUT2D eigenvalue weighted by molar-refractivity contribution is 6.28. The molecule has 1 aliphatic heterocycles. The van der Waals surface area contributed by atoms with Crippen molar-refractivity contribution in [3.05, 3.63) is 47.4 Å². The molecule has 1 aromatic heterocycles. The van der Waals surface area contributed by atoms with Crippen LogP contribution in [0.4, 0.5) is 4.79 Å². The molecule has 0 spiro atoms. The molecule has 0 unspecified atom stereocenters. The molecular formula is C22H29ClN4O2. The average Bonchev–Trinajstić information content (AvgIpc) is 2.62. The topological polar surface area (TPSA) is 58.6 Å². The van der Waals surface area contributed by atoms with E-state index in [1.807, 2.05) is 39.0 Å². The third kappa shape index (κ3) is 5.67. The number of carbonyl (C=O) groups is 1. The molecule has 0 radical (unpaired) electrons. The minimum atomic E-state index is -0.483. The van der Waals surface area contributed by atoms with Crippen LogP contribution in [0.25, 0.3) is 11.3 Å². The van der Waals surface area contributed by atoms with E-state index >= 15 is 0 Å². The molecule has 1 aliphatic rings. The number of hydrogen-bond acceptors (Lipinski definition) is 5. The van der Waals surface area contributed by atoms with Crippen LogP contribution in [0.3, 0.4) is 0 Å². The number of carbonyl (C=O) groups excluding carboxylic acids is 1. The fourth-order valence-electron chi connectivity index (χ4n) is 3.51. The van der Waals surface area contributed by atoms with Gasteiger partial charge in [-0.3, -0.25) is 4.90 Å². The van der Waals surface area contributed by atoms with Crippen LogP contribution >= 0.6 is 11.6 Å². The number of ether oxygens (including phenoxy) is 1. The van der Waals surface area contributed by atoms with Crippen molar-refractivity contribution in [2.75, 3.05) is 19.6 Å². The number of nitrogens with zero attached hydrogens (tertiary/aromatic N) is 4. The molecule has 1 amide bonds. The summed E-state index contributed by atoms with van der Waals surface area (Å²) in [7, 11) is 0.